The van der Waals surface area contributed by atoms with Crippen molar-refractivity contribution in [2.24, 2.45) is 0 Å². The van der Waals surface area contributed by atoms with E-state index in [1.54, 1.807) is 17.5 Å². The molecule has 1 N–H and O–H groups in total. The highest BCUT2D eigenvalue weighted by Gasteiger charge is 2.13. The molecule has 0 fully saturated rings. The number of amides is 1. The summed E-state index contributed by atoms with van der Waals surface area (Å²) >= 11 is 4.14. The molecule has 0 aliphatic heterocycles. The highest BCUT2D eigenvalue weighted by molar-refractivity contribution is 8.00. The Morgan fingerprint density at radius 2 is 2.14 bits per heavy atom. The van der Waals surface area contributed by atoms with Gasteiger partial charge in [-0.3, -0.25) is 14.9 Å². The van der Waals surface area contributed by atoms with Crippen molar-refractivity contribution in [2.45, 2.75) is 5.03 Å². The first-order valence-corrected chi connectivity index (χ1v) is 10.7. The molecular formula is C17H11N5O3S3. The van der Waals surface area contributed by atoms with Gasteiger partial charge in [0.15, 0.2) is 5.13 Å². The molecule has 11 heteroatoms. The van der Waals surface area contributed by atoms with Crippen molar-refractivity contribution < 1.29 is 9.72 Å². The fourth-order valence-electron chi connectivity index (χ4n) is 2.40. The molecule has 8 nitrogen and oxygen atoms in total. The number of nitrogens with one attached hydrogen (secondary N) is 1. The predicted octanol–water partition coefficient (Wildman–Crippen LogP) is 4.45. The summed E-state index contributed by atoms with van der Waals surface area (Å²) in [4.78, 5) is 35.5. The van der Waals surface area contributed by atoms with Gasteiger partial charge in [-0.25, -0.2) is 15.0 Å². The number of hydrogen-bond donors (Lipinski definition) is 1. The van der Waals surface area contributed by atoms with Crippen LogP contribution in [-0.2, 0) is 4.79 Å². The summed E-state index contributed by atoms with van der Waals surface area (Å²) in [5.41, 5.74) is 2.07. The van der Waals surface area contributed by atoms with Gasteiger partial charge in [0.1, 0.15) is 11.4 Å². The number of nitro groups is 1. The van der Waals surface area contributed by atoms with Gasteiger partial charge in [0.05, 0.1) is 26.6 Å². The van der Waals surface area contributed by atoms with Crippen LogP contribution < -0.4 is 5.32 Å². The van der Waals surface area contributed by atoms with E-state index >= 15 is 0 Å². The number of thiophene rings is 1. The Morgan fingerprint density at radius 1 is 1.25 bits per heavy atom. The number of nitro benzene ring substituents is 1. The van der Waals surface area contributed by atoms with E-state index in [-0.39, 0.29) is 17.3 Å². The van der Waals surface area contributed by atoms with Crippen molar-refractivity contribution in [1.29, 1.82) is 0 Å². The van der Waals surface area contributed by atoms with Crippen LogP contribution >= 0.6 is 34.4 Å². The number of carbonyl (C=O) groups is 1. The third-order valence-electron chi connectivity index (χ3n) is 3.65. The standard InChI is InChI=1S/C17H11N5O3S3/c23-14(8-27-16-15-12(4-5-26-15)18-9-19-16)21-17-20-13(7-28-17)10-2-1-3-11(6-10)22(24)25/h1-7,9H,8H2,(H,20,21,23). The van der Waals surface area contributed by atoms with Gasteiger partial charge in [0.2, 0.25) is 5.91 Å². The molecule has 4 aromatic rings. The number of thioether (sulfide) groups is 1. The monoisotopic (exact) mass is 429 g/mol. The van der Waals surface area contributed by atoms with Crippen molar-refractivity contribution in [3.63, 3.8) is 0 Å². The number of rotatable bonds is 6. The lowest BCUT2D eigenvalue weighted by atomic mass is 10.1. The average molecular weight is 430 g/mol. The molecule has 1 aromatic carbocycles. The van der Waals surface area contributed by atoms with Crippen LogP contribution in [0, 0.1) is 10.1 Å². The Kier molecular flexibility index (Phi) is 5.28. The smallest absolute Gasteiger partial charge is 0.270 e. The predicted molar refractivity (Wildman–Crippen MR) is 111 cm³/mol. The van der Waals surface area contributed by atoms with Crippen LogP contribution in [0.3, 0.4) is 0 Å². The van der Waals surface area contributed by atoms with Gasteiger partial charge in [-0.1, -0.05) is 23.9 Å². The van der Waals surface area contributed by atoms with E-state index < -0.39 is 4.92 Å². The molecule has 0 aliphatic carbocycles. The first kappa shape index (κ1) is 18.5. The number of hydrogen-bond acceptors (Lipinski definition) is 9. The van der Waals surface area contributed by atoms with Crippen LogP contribution in [0.5, 0.6) is 0 Å². The summed E-state index contributed by atoms with van der Waals surface area (Å²) in [7, 11) is 0. The molecule has 0 radical (unpaired) electrons. The second-order valence-electron chi connectivity index (χ2n) is 5.50. The number of non-ortho nitro benzene ring substituents is 1. The van der Waals surface area contributed by atoms with Crippen LogP contribution in [-0.4, -0.2) is 31.5 Å². The maximum absolute atomic E-state index is 12.3. The van der Waals surface area contributed by atoms with Crippen molar-refractivity contribution in [3.8, 4) is 11.3 Å². The second-order valence-corrected chi connectivity index (χ2v) is 8.23. The molecule has 0 atom stereocenters. The van der Waals surface area contributed by atoms with Crippen LogP contribution in [0.1, 0.15) is 0 Å². The lowest BCUT2D eigenvalue weighted by Crippen LogP contribution is -2.13. The maximum atomic E-state index is 12.3. The molecule has 0 unspecified atom stereocenters. The number of thiazole rings is 1. The van der Waals surface area contributed by atoms with E-state index in [1.807, 2.05) is 11.4 Å². The van der Waals surface area contributed by atoms with Gasteiger partial charge in [0, 0.05) is 23.1 Å². The van der Waals surface area contributed by atoms with Gasteiger partial charge >= 0.3 is 0 Å². The van der Waals surface area contributed by atoms with Gasteiger partial charge in [-0.05, 0) is 11.4 Å². The maximum Gasteiger partial charge on any atom is 0.270 e. The summed E-state index contributed by atoms with van der Waals surface area (Å²) in [6.45, 7) is 0. The Labute approximate surface area is 170 Å². The third kappa shape index (κ3) is 4.01. The first-order valence-electron chi connectivity index (χ1n) is 7.91. The van der Waals surface area contributed by atoms with Crippen LogP contribution in [0.2, 0.25) is 0 Å². The summed E-state index contributed by atoms with van der Waals surface area (Å²) < 4.78 is 0.961. The Bertz CT molecular complexity index is 1170. The van der Waals surface area contributed by atoms with E-state index in [9.17, 15) is 14.9 Å². The SMILES string of the molecule is O=C(CSc1ncnc2ccsc12)Nc1nc(-c2cccc([N+](=O)[O-])c2)cs1. The zero-order chi connectivity index (χ0) is 19.5. The minimum Gasteiger partial charge on any atom is -0.301 e. The fourth-order valence-corrected chi connectivity index (χ4v) is 4.88. The average Bonchev–Trinajstić information content (AvgIpc) is 3.36. The van der Waals surface area contributed by atoms with E-state index in [2.05, 4.69) is 20.3 Å². The second kappa shape index (κ2) is 8.00. The molecule has 0 bridgehead atoms. The Balaban J connectivity index is 1.41. The Hall–Kier alpha value is -2.89. The van der Waals surface area contributed by atoms with E-state index in [4.69, 9.17) is 0 Å². The minimum absolute atomic E-state index is 0.00257. The first-order chi connectivity index (χ1) is 13.6. The minimum atomic E-state index is -0.451. The molecule has 1 amide bonds. The quantitative estimate of drug-likeness (QED) is 0.208. The molecule has 3 heterocycles. The van der Waals surface area contributed by atoms with Gasteiger partial charge in [-0.15, -0.1) is 22.7 Å². The normalized spacial score (nSPS) is 10.9. The van der Waals surface area contributed by atoms with Crippen molar-refractivity contribution in [1.82, 2.24) is 15.0 Å². The largest absolute Gasteiger partial charge is 0.301 e. The summed E-state index contributed by atoms with van der Waals surface area (Å²) in [6.07, 6.45) is 1.49. The molecule has 0 aliphatic rings. The number of nitrogens with zero attached hydrogens (tertiary/aromatic N) is 4. The topological polar surface area (TPSA) is 111 Å². The zero-order valence-electron chi connectivity index (χ0n) is 14.1. The van der Waals surface area contributed by atoms with Crippen molar-refractivity contribution >= 4 is 61.4 Å². The summed E-state index contributed by atoms with van der Waals surface area (Å²) in [5.74, 6) is -0.0105. The molecule has 4 rings (SSSR count). The molecular weight excluding hydrogens is 418 g/mol. The van der Waals surface area contributed by atoms with Crippen molar-refractivity contribution in [2.75, 3.05) is 11.1 Å². The molecule has 0 saturated heterocycles. The van der Waals surface area contributed by atoms with E-state index in [1.165, 1.54) is 52.9 Å². The molecule has 0 saturated carbocycles. The number of benzene rings is 1. The lowest BCUT2D eigenvalue weighted by Gasteiger charge is -2.02. The number of aromatic nitrogens is 3. The van der Waals surface area contributed by atoms with Crippen LogP contribution in [0.15, 0.2) is 52.4 Å². The third-order valence-corrected chi connectivity index (χ3v) is 6.44. The van der Waals surface area contributed by atoms with Gasteiger partial charge in [-0.2, -0.15) is 0 Å². The van der Waals surface area contributed by atoms with Gasteiger partial charge < -0.3 is 5.32 Å². The molecule has 3 aromatic heterocycles. The highest BCUT2D eigenvalue weighted by atomic mass is 32.2. The van der Waals surface area contributed by atoms with Gasteiger partial charge in [0.25, 0.3) is 5.69 Å². The van der Waals surface area contributed by atoms with E-state index in [0.717, 1.165) is 15.2 Å². The number of anilines is 1. The molecule has 140 valence electrons. The summed E-state index contributed by atoms with van der Waals surface area (Å²) in [5, 5.41) is 18.6. The lowest BCUT2D eigenvalue weighted by molar-refractivity contribution is -0.384. The Morgan fingerprint density at radius 3 is 3.00 bits per heavy atom. The van der Waals surface area contributed by atoms with E-state index in [0.29, 0.717) is 16.4 Å². The molecule has 28 heavy (non-hydrogen) atoms. The molecule has 0 spiro atoms. The summed E-state index contributed by atoms with van der Waals surface area (Å²) in [6, 6.07) is 8.14. The zero-order valence-corrected chi connectivity index (χ0v) is 16.5. The van der Waals surface area contributed by atoms with Crippen LogP contribution in [0.25, 0.3) is 21.5 Å². The highest BCUT2D eigenvalue weighted by Crippen LogP contribution is 2.30. The fraction of sp³-hybridized carbons (Fsp3) is 0.0588. The van der Waals surface area contributed by atoms with Crippen LogP contribution in [0.4, 0.5) is 10.8 Å². The number of fused-ring (bicyclic) bond motifs is 1. The number of carbonyl (C=O) groups excluding carboxylic acids is 1. The van der Waals surface area contributed by atoms with Crippen molar-refractivity contribution in [3.05, 3.63) is 57.5 Å².